The summed E-state index contributed by atoms with van der Waals surface area (Å²) in [7, 11) is 0. The predicted octanol–water partition coefficient (Wildman–Crippen LogP) is 4.21. The zero-order valence-corrected chi connectivity index (χ0v) is 12.2. The van der Waals surface area contributed by atoms with Gasteiger partial charge in [0, 0.05) is 31.9 Å². The van der Waals surface area contributed by atoms with Crippen LogP contribution in [-0.4, -0.2) is 9.97 Å². The van der Waals surface area contributed by atoms with Crippen LogP contribution in [0.5, 0.6) is 0 Å². The lowest BCUT2D eigenvalue weighted by Crippen LogP contribution is -1.92. The van der Waals surface area contributed by atoms with Gasteiger partial charge in [0.25, 0.3) is 0 Å². The Morgan fingerprint density at radius 2 is 1.94 bits per heavy atom. The van der Waals surface area contributed by atoms with E-state index in [0.29, 0.717) is 0 Å². The molecule has 0 N–H and O–H groups in total. The molecule has 0 unspecified atom stereocenters. The van der Waals surface area contributed by atoms with E-state index in [1.165, 1.54) is 4.88 Å². The average molecular weight is 315 g/mol. The fourth-order valence-electron chi connectivity index (χ4n) is 1.32. The third-order valence-corrected chi connectivity index (χ3v) is 4.70. The normalized spacial score (nSPS) is 10.7. The number of halogens is 1. The molecule has 0 aliphatic carbocycles. The lowest BCUT2D eigenvalue weighted by Gasteiger charge is -2.01. The van der Waals surface area contributed by atoms with Crippen LogP contribution in [0.1, 0.15) is 16.3 Å². The number of rotatable bonds is 3. The maximum Gasteiger partial charge on any atom is 0.188 e. The van der Waals surface area contributed by atoms with Gasteiger partial charge in [0.1, 0.15) is 0 Å². The van der Waals surface area contributed by atoms with Crippen LogP contribution in [-0.2, 0) is 5.75 Å². The van der Waals surface area contributed by atoms with E-state index in [9.17, 15) is 0 Å². The van der Waals surface area contributed by atoms with E-state index in [2.05, 4.69) is 37.3 Å². The summed E-state index contributed by atoms with van der Waals surface area (Å²) < 4.78 is 1.15. The van der Waals surface area contributed by atoms with Crippen LogP contribution in [0.2, 0.25) is 0 Å². The topological polar surface area (TPSA) is 25.8 Å². The number of hydrogen-bond donors (Lipinski definition) is 0. The summed E-state index contributed by atoms with van der Waals surface area (Å²) in [5.41, 5.74) is 2.06. The van der Waals surface area contributed by atoms with Gasteiger partial charge in [-0.05, 0) is 41.9 Å². The highest BCUT2D eigenvalue weighted by Crippen LogP contribution is 2.26. The van der Waals surface area contributed by atoms with Crippen molar-refractivity contribution < 1.29 is 0 Å². The maximum atomic E-state index is 4.40. The van der Waals surface area contributed by atoms with Crippen molar-refractivity contribution in [2.45, 2.75) is 24.8 Å². The number of nitrogens with zero attached hydrogens (tertiary/aromatic N) is 2. The van der Waals surface area contributed by atoms with Gasteiger partial charge in [0.2, 0.25) is 0 Å². The van der Waals surface area contributed by atoms with Crippen molar-refractivity contribution in [3.05, 3.63) is 38.3 Å². The number of aryl methyl sites for hydroxylation is 2. The monoisotopic (exact) mass is 314 g/mol. The van der Waals surface area contributed by atoms with Gasteiger partial charge in [0.15, 0.2) is 5.16 Å². The van der Waals surface area contributed by atoms with Crippen molar-refractivity contribution in [3.63, 3.8) is 0 Å². The number of thiophene rings is 1. The molecule has 16 heavy (non-hydrogen) atoms. The summed E-state index contributed by atoms with van der Waals surface area (Å²) in [6, 6.07) is 4.13. The Balaban J connectivity index is 2.04. The molecule has 2 rings (SSSR count). The highest BCUT2D eigenvalue weighted by molar-refractivity contribution is 9.10. The van der Waals surface area contributed by atoms with Gasteiger partial charge < -0.3 is 0 Å². The van der Waals surface area contributed by atoms with Gasteiger partial charge in [-0.25, -0.2) is 9.97 Å². The van der Waals surface area contributed by atoms with Gasteiger partial charge in [-0.3, -0.25) is 0 Å². The van der Waals surface area contributed by atoms with Crippen molar-refractivity contribution in [2.75, 3.05) is 0 Å². The molecule has 0 fully saturated rings. The highest BCUT2D eigenvalue weighted by atomic mass is 79.9. The van der Waals surface area contributed by atoms with Crippen LogP contribution in [0.25, 0.3) is 0 Å². The van der Waals surface area contributed by atoms with Crippen LogP contribution in [0.15, 0.2) is 27.1 Å². The van der Waals surface area contributed by atoms with Gasteiger partial charge in [-0.1, -0.05) is 11.8 Å². The lowest BCUT2D eigenvalue weighted by molar-refractivity contribution is 0.902. The first-order chi connectivity index (χ1) is 7.63. The van der Waals surface area contributed by atoms with E-state index < -0.39 is 0 Å². The molecule has 2 nitrogen and oxygen atoms in total. The third-order valence-electron chi connectivity index (χ3n) is 1.93. The Hall–Kier alpha value is -0.390. The van der Waals surface area contributed by atoms with Crippen molar-refractivity contribution >= 4 is 39.0 Å². The highest BCUT2D eigenvalue weighted by Gasteiger charge is 2.03. The summed E-state index contributed by atoms with van der Waals surface area (Å²) in [5.74, 6) is 0.930. The second-order valence-corrected chi connectivity index (χ2v) is 6.31. The fraction of sp³-hybridized carbons (Fsp3) is 0.273. The van der Waals surface area contributed by atoms with Crippen LogP contribution in [0.3, 0.4) is 0 Å². The lowest BCUT2D eigenvalue weighted by atomic mass is 10.4. The predicted molar refractivity (Wildman–Crippen MR) is 73.1 cm³/mol. The van der Waals surface area contributed by atoms with E-state index in [4.69, 9.17) is 0 Å². The molecule has 0 radical (unpaired) electrons. The van der Waals surface area contributed by atoms with E-state index in [1.807, 2.05) is 19.9 Å². The molecule has 84 valence electrons. The first kappa shape index (κ1) is 12.1. The summed E-state index contributed by atoms with van der Waals surface area (Å²) in [5, 5.41) is 2.96. The smallest absolute Gasteiger partial charge is 0.188 e. The quantitative estimate of drug-likeness (QED) is 0.627. The Bertz CT molecular complexity index is 476. The van der Waals surface area contributed by atoms with Crippen LogP contribution >= 0.6 is 39.0 Å². The van der Waals surface area contributed by atoms with Gasteiger partial charge in [-0.15, -0.1) is 11.3 Å². The second kappa shape index (κ2) is 5.29. The van der Waals surface area contributed by atoms with E-state index in [0.717, 1.165) is 26.8 Å². The van der Waals surface area contributed by atoms with Crippen molar-refractivity contribution in [1.29, 1.82) is 0 Å². The standard InChI is InChI=1S/C11H11BrN2S2/c1-7-3-8(2)14-11(13-7)16-6-10-4-9(12)5-15-10/h3-5H,6H2,1-2H3. The van der Waals surface area contributed by atoms with E-state index in [-0.39, 0.29) is 0 Å². The molecule has 0 spiro atoms. The molecular weight excluding hydrogens is 304 g/mol. The van der Waals surface area contributed by atoms with E-state index in [1.54, 1.807) is 23.1 Å². The number of aromatic nitrogens is 2. The SMILES string of the molecule is Cc1cc(C)nc(SCc2cc(Br)cs2)n1. The first-order valence-electron chi connectivity index (χ1n) is 4.81. The molecule has 0 bridgehead atoms. The molecule has 2 aromatic heterocycles. The van der Waals surface area contributed by atoms with E-state index >= 15 is 0 Å². The maximum absolute atomic E-state index is 4.40. The molecule has 2 aromatic rings. The molecule has 0 amide bonds. The largest absolute Gasteiger partial charge is 0.228 e. The Morgan fingerprint density at radius 1 is 1.25 bits per heavy atom. The summed E-state index contributed by atoms with van der Waals surface area (Å²) in [6.07, 6.45) is 0. The Morgan fingerprint density at radius 3 is 2.50 bits per heavy atom. The number of thioether (sulfide) groups is 1. The molecule has 0 aliphatic rings. The van der Waals surface area contributed by atoms with Crippen molar-refractivity contribution in [2.24, 2.45) is 0 Å². The van der Waals surface area contributed by atoms with Crippen LogP contribution in [0.4, 0.5) is 0 Å². The first-order valence-corrected chi connectivity index (χ1v) is 7.47. The summed E-state index contributed by atoms with van der Waals surface area (Å²) in [4.78, 5) is 10.1. The summed E-state index contributed by atoms with van der Waals surface area (Å²) in [6.45, 7) is 4.00. The minimum absolute atomic E-state index is 0.863. The molecule has 0 aliphatic heterocycles. The number of hydrogen-bond acceptors (Lipinski definition) is 4. The molecule has 5 heteroatoms. The second-order valence-electron chi connectivity index (χ2n) is 3.45. The van der Waals surface area contributed by atoms with Crippen LogP contribution < -0.4 is 0 Å². The average Bonchev–Trinajstić information content (AvgIpc) is 2.60. The Kier molecular flexibility index (Phi) is 4.00. The van der Waals surface area contributed by atoms with Crippen LogP contribution in [0, 0.1) is 13.8 Å². The van der Waals surface area contributed by atoms with Crippen molar-refractivity contribution in [1.82, 2.24) is 9.97 Å². The fourth-order valence-corrected chi connectivity index (χ4v) is 3.78. The molecule has 0 atom stereocenters. The Labute approximate surface area is 112 Å². The van der Waals surface area contributed by atoms with Gasteiger partial charge in [0.05, 0.1) is 0 Å². The minimum atomic E-state index is 0.863. The zero-order valence-electron chi connectivity index (χ0n) is 9.03. The van der Waals surface area contributed by atoms with Crippen molar-refractivity contribution in [3.8, 4) is 0 Å². The summed E-state index contributed by atoms with van der Waals surface area (Å²) >= 11 is 6.89. The molecule has 0 saturated carbocycles. The zero-order chi connectivity index (χ0) is 11.5. The molecule has 0 aromatic carbocycles. The molecular formula is C11H11BrN2S2. The third kappa shape index (κ3) is 3.30. The van der Waals surface area contributed by atoms with Gasteiger partial charge in [-0.2, -0.15) is 0 Å². The van der Waals surface area contributed by atoms with Gasteiger partial charge >= 0.3 is 0 Å². The molecule has 0 saturated heterocycles. The molecule has 2 heterocycles. The minimum Gasteiger partial charge on any atom is -0.228 e.